The smallest absolute Gasteiger partial charge is 0.261 e. The summed E-state index contributed by atoms with van der Waals surface area (Å²) in [5.41, 5.74) is 3.89. The molecule has 2 aromatic carbocycles. The summed E-state index contributed by atoms with van der Waals surface area (Å²) in [6, 6.07) is 5.51. The average Bonchev–Trinajstić information content (AvgIpc) is 3.34. The molecule has 2 amide bonds. The maximum atomic E-state index is 13.6. The van der Waals surface area contributed by atoms with Crippen LogP contribution in [-0.2, 0) is 12.8 Å². The van der Waals surface area contributed by atoms with Crippen LogP contribution in [-0.4, -0.2) is 40.0 Å². The molecule has 1 aliphatic carbocycles. The van der Waals surface area contributed by atoms with Gasteiger partial charge in [-0.2, -0.15) is 5.10 Å². The number of aromatic nitrogens is 2. The van der Waals surface area contributed by atoms with Gasteiger partial charge in [-0.25, -0.2) is 4.98 Å². The highest BCUT2D eigenvalue weighted by Crippen LogP contribution is 2.41. The first-order chi connectivity index (χ1) is 13.0. The highest BCUT2D eigenvalue weighted by molar-refractivity contribution is 6.26. The molecule has 27 heavy (non-hydrogen) atoms. The molecule has 1 aliphatic heterocycles. The molecule has 0 atom stereocenters. The van der Waals surface area contributed by atoms with Crippen molar-refractivity contribution in [3.63, 3.8) is 0 Å². The number of hydrazone groups is 1. The zero-order valence-electron chi connectivity index (χ0n) is 14.4. The number of nitrogens with zero attached hydrogens (tertiary/aromatic N) is 5. The second kappa shape index (κ2) is 5.23. The molecule has 0 saturated carbocycles. The topological polar surface area (TPSA) is 70.8 Å². The fourth-order valence-electron chi connectivity index (χ4n) is 4.06. The summed E-state index contributed by atoms with van der Waals surface area (Å²) >= 11 is 0. The highest BCUT2D eigenvalue weighted by Gasteiger charge is 2.34. The molecule has 7 nitrogen and oxygen atoms in total. The fourth-order valence-corrected chi connectivity index (χ4v) is 4.06. The van der Waals surface area contributed by atoms with E-state index in [1.807, 2.05) is 6.07 Å². The van der Waals surface area contributed by atoms with Crippen molar-refractivity contribution in [1.82, 2.24) is 14.5 Å². The van der Waals surface area contributed by atoms with Crippen molar-refractivity contribution in [3.05, 3.63) is 53.0 Å². The number of hydrogen-bond acceptors (Lipinski definition) is 5. The lowest BCUT2D eigenvalue weighted by molar-refractivity contribution is 0.0650. The van der Waals surface area contributed by atoms with Crippen LogP contribution in [0.2, 0.25) is 0 Å². The Kier molecular flexibility index (Phi) is 3.04. The Bertz CT molecular complexity index is 1180. The van der Waals surface area contributed by atoms with Gasteiger partial charge < -0.3 is 4.57 Å². The molecule has 1 aromatic heterocycles. The van der Waals surface area contributed by atoms with Gasteiger partial charge >= 0.3 is 0 Å². The maximum Gasteiger partial charge on any atom is 0.261 e. The van der Waals surface area contributed by atoms with Crippen molar-refractivity contribution >= 4 is 35.1 Å². The zero-order valence-corrected chi connectivity index (χ0v) is 14.4. The third-order valence-electron chi connectivity index (χ3n) is 5.33. The number of benzene rings is 2. The van der Waals surface area contributed by atoms with E-state index in [1.54, 1.807) is 16.7 Å². The Balaban J connectivity index is 1.83. The molecule has 3 aromatic rings. The van der Waals surface area contributed by atoms with Gasteiger partial charge in [0, 0.05) is 24.7 Å². The lowest BCUT2D eigenvalue weighted by Crippen LogP contribution is -2.37. The van der Waals surface area contributed by atoms with Crippen LogP contribution < -0.4 is 5.23 Å². The van der Waals surface area contributed by atoms with E-state index in [-0.39, 0.29) is 22.9 Å². The average molecular weight is 363 g/mol. The number of amides is 2. The van der Waals surface area contributed by atoms with Gasteiger partial charge in [-0.15, -0.1) is 0 Å². The summed E-state index contributed by atoms with van der Waals surface area (Å²) in [6.07, 6.45) is 4.56. The van der Waals surface area contributed by atoms with Crippen LogP contribution >= 0.6 is 0 Å². The van der Waals surface area contributed by atoms with E-state index in [9.17, 15) is 14.1 Å². The minimum atomic E-state index is -0.343. The Hall–Kier alpha value is -3.55. The van der Waals surface area contributed by atoms with Gasteiger partial charge in [0.15, 0.2) is 0 Å². The van der Waals surface area contributed by atoms with Crippen molar-refractivity contribution < 1.29 is 14.1 Å². The van der Waals surface area contributed by atoms with E-state index in [0.29, 0.717) is 11.1 Å². The summed E-state index contributed by atoms with van der Waals surface area (Å²) in [6.45, 7) is 3.14. The van der Waals surface area contributed by atoms with E-state index in [1.165, 1.54) is 19.6 Å². The summed E-state index contributed by atoms with van der Waals surface area (Å²) in [5.74, 6) is -0.638. The van der Waals surface area contributed by atoms with E-state index in [0.717, 1.165) is 45.3 Å². The number of carbonyl (C=O) groups is 2. The van der Waals surface area contributed by atoms with Crippen LogP contribution in [0.4, 0.5) is 10.3 Å². The van der Waals surface area contributed by atoms with Crippen molar-refractivity contribution in [3.8, 4) is 5.69 Å². The molecule has 2 aliphatic rings. The van der Waals surface area contributed by atoms with Crippen molar-refractivity contribution in [2.24, 2.45) is 5.10 Å². The third kappa shape index (κ3) is 1.95. The molecule has 0 bridgehead atoms. The van der Waals surface area contributed by atoms with Gasteiger partial charge in [0.1, 0.15) is 6.33 Å². The second-order valence-electron chi connectivity index (χ2n) is 6.65. The van der Waals surface area contributed by atoms with Crippen LogP contribution in [0.15, 0.2) is 35.8 Å². The quantitative estimate of drug-likeness (QED) is 0.310. The molecule has 8 heteroatoms. The SMILES string of the molecule is C=NN(F)c1cn(-c2cc3c4c(ccc5c4c2CC5)C(=O)N(C)C3=O)cn1. The van der Waals surface area contributed by atoms with Gasteiger partial charge in [-0.1, -0.05) is 15.8 Å². The van der Waals surface area contributed by atoms with Crippen LogP contribution in [0.5, 0.6) is 0 Å². The minimum Gasteiger partial charge on any atom is -0.304 e. The number of imidazole rings is 1. The Morgan fingerprint density at radius 2 is 1.96 bits per heavy atom. The van der Waals surface area contributed by atoms with Crippen molar-refractivity contribution in [2.45, 2.75) is 12.8 Å². The van der Waals surface area contributed by atoms with Crippen LogP contribution in [0, 0.1) is 0 Å². The van der Waals surface area contributed by atoms with E-state index >= 15 is 0 Å². The molecule has 0 fully saturated rings. The first-order valence-corrected chi connectivity index (χ1v) is 8.42. The second-order valence-corrected chi connectivity index (χ2v) is 6.65. The first-order valence-electron chi connectivity index (χ1n) is 8.42. The lowest BCUT2D eigenvalue weighted by atomic mass is 9.90. The van der Waals surface area contributed by atoms with Gasteiger partial charge in [0.2, 0.25) is 5.82 Å². The predicted octanol–water partition coefficient (Wildman–Crippen LogP) is 2.66. The molecular formula is C19H14FN5O2. The number of imide groups is 1. The Morgan fingerprint density at radius 3 is 2.74 bits per heavy atom. The molecule has 134 valence electrons. The number of hydrogen-bond donors (Lipinski definition) is 0. The van der Waals surface area contributed by atoms with Crippen LogP contribution in [0.3, 0.4) is 0 Å². The molecule has 2 heterocycles. The number of aryl methyl sites for hydroxylation is 2. The third-order valence-corrected chi connectivity index (χ3v) is 5.33. The fraction of sp³-hybridized carbons (Fsp3) is 0.158. The molecule has 0 unspecified atom stereocenters. The Labute approximate surface area is 153 Å². The summed E-state index contributed by atoms with van der Waals surface area (Å²) in [5, 5.41) is 4.95. The molecule has 0 N–H and O–H groups in total. The summed E-state index contributed by atoms with van der Waals surface area (Å²) < 4.78 is 15.3. The molecule has 5 rings (SSSR count). The molecule has 0 spiro atoms. The monoisotopic (exact) mass is 363 g/mol. The predicted molar refractivity (Wildman–Crippen MR) is 98.0 cm³/mol. The standard InChI is InChI=1S/C19H14FN5O2/c1-21-25(20)15-8-24(9-22-15)14-7-13-17-12(18(26)23(2)19(13)27)6-4-10-3-5-11(14)16(10)17/h4,6-9H,1,3,5H2,2H3. The number of anilines is 1. The summed E-state index contributed by atoms with van der Waals surface area (Å²) in [7, 11) is 1.48. The van der Waals surface area contributed by atoms with Gasteiger partial charge in [0.05, 0.1) is 17.4 Å². The number of rotatable bonds is 3. The largest absolute Gasteiger partial charge is 0.304 e. The van der Waals surface area contributed by atoms with E-state index < -0.39 is 0 Å². The normalized spacial score (nSPS) is 15.0. The van der Waals surface area contributed by atoms with Gasteiger partial charge in [0.25, 0.3) is 11.8 Å². The molecular weight excluding hydrogens is 349 g/mol. The van der Waals surface area contributed by atoms with Crippen molar-refractivity contribution in [1.29, 1.82) is 0 Å². The van der Waals surface area contributed by atoms with E-state index in [2.05, 4.69) is 16.8 Å². The van der Waals surface area contributed by atoms with Crippen molar-refractivity contribution in [2.75, 3.05) is 12.3 Å². The first kappa shape index (κ1) is 15.7. The zero-order chi connectivity index (χ0) is 18.9. The minimum absolute atomic E-state index is 0.00321. The van der Waals surface area contributed by atoms with E-state index in [4.69, 9.17) is 0 Å². The molecule has 0 saturated heterocycles. The van der Waals surface area contributed by atoms with Gasteiger partial charge in [-0.3, -0.25) is 14.5 Å². The summed E-state index contributed by atoms with van der Waals surface area (Å²) in [4.78, 5) is 30.5. The van der Waals surface area contributed by atoms with Crippen LogP contribution in [0.25, 0.3) is 16.5 Å². The molecule has 0 radical (unpaired) electrons. The van der Waals surface area contributed by atoms with Crippen LogP contribution in [0.1, 0.15) is 31.8 Å². The lowest BCUT2D eigenvalue weighted by Gasteiger charge is -2.25. The Morgan fingerprint density at radius 1 is 1.19 bits per heavy atom. The highest BCUT2D eigenvalue weighted by atomic mass is 19.2. The maximum absolute atomic E-state index is 13.6. The number of carbonyl (C=O) groups excluding carboxylic acids is 2. The van der Waals surface area contributed by atoms with Gasteiger partial charge in [-0.05, 0) is 41.5 Å². The number of halogens is 1.